The highest BCUT2D eigenvalue weighted by molar-refractivity contribution is 9.10. The lowest BCUT2D eigenvalue weighted by molar-refractivity contribution is 0.0972. The third-order valence-electron chi connectivity index (χ3n) is 3.63. The number of hydrogen-bond donors (Lipinski definition) is 0. The number of fused-ring (bicyclic) bond motifs is 1. The van der Waals surface area contributed by atoms with Crippen molar-refractivity contribution in [1.29, 1.82) is 0 Å². The van der Waals surface area contributed by atoms with Gasteiger partial charge in [0.15, 0.2) is 5.78 Å². The summed E-state index contributed by atoms with van der Waals surface area (Å²) in [6, 6.07) is 10.3. The number of hydrogen-bond acceptors (Lipinski definition) is 2. The molecule has 0 radical (unpaired) electrons. The third-order valence-corrected chi connectivity index (χ3v) is 4.13. The van der Waals surface area contributed by atoms with Gasteiger partial charge in [0.1, 0.15) is 18.2 Å². The number of rotatable bonds is 3. The van der Waals surface area contributed by atoms with E-state index in [2.05, 4.69) is 15.9 Å². The van der Waals surface area contributed by atoms with Crippen LogP contribution in [-0.4, -0.2) is 5.78 Å². The van der Waals surface area contributed by atoms with Crippen molar-refractivity contribution in [2.45, 2.75) is 25.9 Å². The summed E-state index contributed by atoms with van der Waals surface area (Å²) in [5.74, 6) is 0.464. The Kier molecular flexibility index (Phi) is 4.06. The Morgan fingerprint density at radius 1 is 1.14 bits per heavy atom. The minimum absolute atomic E-state index is 0.137. The molecule has 0 N–H and O–H groups in total. The van der Waals surface area contributed by atoms with Crippen molar-refractivity contribution >= 4 is 21.7 Å². The highest BCUT2D eigenvalue weighted by Gasteiger charge is 2.17. The van der Waals surface area contributed by atoms with Gasteiger partial charge in [-0.1, -0.05) is 22.0 Å². The number of ether oxygens (including phenoxy) is 1. The molecule has 0 bridgehead atoms. The van der Waals surface area contributed by atoms with Crippen molar-refractivity contribution in [1.82, 2.24) is 0 Å². The number of ketones is 1. The molecule has 0 saturated carbocycles. The lowest BCUT2D eigenvalue weighted by atomic mass is 9.90. The number of carbonyl (C=O) groups excluding carboxylic acids is 1. The van der Waals surface area contributed by atoms with Crippen molar-refractivity contribution < 1.29 is 13.9 Å². The van der Waals surface area contributed by atoms with E-state index >= 15 is 0 Å². The highest BCUT2D eigenvalue weighted by Crippen LogP contribution is 2.26. The van der Waals surface area contributed by atoms with Gasteiger partial charge in [0.2, 0.25) is 0 Å². The second-order valence-electron chi connectivity index (χ2n) is 5.12. The van der Waals surface area contributed by atoms with Gasteiger partial charge in [-0.2, -0.15) is 0 Å². The summed E-state index contributed by atoms with van der Waals surface area (Å²) in [6.07, 6.45) is 2.44. The molecule has 2 aromatic rings. The molecule has 1 aliphatic rings. The summed E-state index contributed by atoms with van der Waals surface area (Å²) < 4.78 is 20.1. The van der Waals surface area contributed by atoms with E-state index in [9.17, 15) is 9.18 Å². The van der Waals surface area contributed by atoms with Crippen molar-refractivity contribution in [3.05, 3.63) is 63.4 Å². The first-order chi connectivity index (χ1) is 10.1. The van der Waals surface area contributed by atoms with Gasteiger partial charge < -0.3 is 4.74 Å². The van der Waals surface area contributed by atoms with Crippen LogP contribution in [0.2, 0.25) is 0 Å². The van der Waals surface area contributed by atoms with E-state index in [1.54, 1.807) is 18.2 Å². The van der Waals surface area contributed by atoms with Gasteiger partial charge in [-0.05, 0) is 48.7 Å². The van der Waals surface area contributed by atoms with E-state index in [1.807, 2.05) is 12.1 Å². The summed E-state index contributed by atoms with van der Waals surface area (Å²) >= 11 is 3.31. The van der Waals surface area contributed by atoms with Gasteiger partial charge in [-0.3, -0.25) is 4.79 Å². The van der Waals surface area contributed by atoms with Crippen LogP contribution >= 0.6 is 15.9 Å². The van der Waals surface area contributed by atoms with Crippen molar-refractivity contribution in [2.24, 2.45) is 0 Å². The molecule has 0 unspecified atom stereocenters. The predicted octanol–water partition coefficient (Wildman–Crippen LogP) is 4.69. The normalized spacial score (nSPS) is 13.9. The summed E-state index contributed by atoms with van der Waals surface area (Å²) in [7, 11) is 0. The SMILES string of the molecule is O=C1CCCc2ccc(OCc3cc(Br)ccc3F)cc21. The Balaban J connectivity index is 1.78. The first kappa shape index (κ1) is 14.3. The molecule has 0 aromatic heterocycles. The number of halogens is 2. The maximum Gasteiger partial charge on any atom is 0.163 e. The molecule has 0 saturated heterocycles. The van der Waals surface area contributed by atoms with Crippen molar-refractivity contribution in [3.8, 4) is 5.75 Å². The van der Waals surface area contributed by atoms with Crippen LogP contribution in [-0.2, 0) is 13.0 Å². The second kappa shape index (κ2) is 5.98. The molecule has 0 aliphatic heterocycles. The van der Waals surface area contributed by atoms with Gasteiger partial charge in [0.25, 0.3) is 0 Å². The molecule has 0 amide bonds. The first-order valence-corrected chi connectivity index (χ1v) is 7.65. The van der Waals surface area contributed by atoms with Crippen molar-refractivity contribution in [3.63, 3.8) is 0 Å². The molecular weight excluding hydrogens is 335 g/mol. The van der Waals surface area contributed by atoms with Crippen molar-refractivity contribution in [2.75, 3.05) is 0 Å². The molecular formula is C17H14BrFO2. The molecule has 0 heterocycles. The van der Waals surface area contributed by atoms with Crippen LogP contribution in [0.4, 0.5) is 4.39 Å². The van der Waals surface area contributed by atoms with E-state index in [4.69, 9.17) is 4.74 Å². The zero-order chi connectivity index (χ0) is 14.8. The molecule has 3 rings (SSSR count). The lowest BCUT2D eigenvalue weighted by Crippen LogP contribution is -2.11. The fourth-order valence-electron chi connectivity index (χ4n) is 2.51. The van der Waals surface area contributed by atoms with Crippen LogP contribution in [0, 0.1) is 5.82 Å². The van der Waals surface area contributed by atoms with E-state index in [1.165, 1.54) is 6.07 Å². The van der Waals surface area contributed by atoms with Crippen LogP contribution < -0.4 is 4.74 Å². The highest BCUT2D eigenvalue weighted by atomic mass is 79.9. The monoisotopic (exact) mass is 348 g/mol. The molecule has 0 atom stereocenters. The quantitative estimate of drug-likeness (QED) is 0.804. The van der Waals surface area contributed by atoms with Crippen LogP contribution in [0.1, 0.15) is 34.3 Å². The van der Waals surface area contributed by atoms with E-state index in [-0.39, 0.29) is 18.2 Å². The Morgan fingerprint density at radius 2 is 2.00 bits per heavy atom. The maximum atomic E-state index is 13.7. The largest absolute Gasteiger partial charge is 0.489 e. The van der Waals surface area contributed by atoms with Crippen LogP contribution in [0.15, 0.2) is 40.9 Å². The molecule has 4 heteroatoms. The van der Waals surface area contributed by atoms with Crippen LogP contribution in [0.3, 0.4) is 0 Å². The molecule has 0 spiro atoms. The van der Waals surface area contributed by atoms with Gasteiger partial charge in [-0.25, -0.2) is 4.39 Å². The van der Waals surface area contributed by atoms with Crippen LogP contribution in [0.5, 0.6) is 5.75 Å². The van der Waals surface area contributed by atoms with Crippen LogP contribution in [0.25, 0.3) is 0 Å². The first-order valence-electron chi connectivity index (χ1n) is 6.86. The minimum Gasteiger partial charge on any atom is -0.489 e. The minimum atomic E-state index is -0.299. The summed E-state index contributed by atoms with van der Waals surface area (Å²) in [6.45, 7) is 0.137. The number of aryl methyl sites for hydroxylation is 1. The van der Waals surface area contributed by atoms with E-state index in [0.717, 1.165) is 28.4 Å². The topological polar surface area (TPSA) is 26.3 Å². The smallest absolute Gasteiger partial charge is 0.163 e. The summed E-state index contributed by atoms with van der Waals surface area (Å²) in [5.41, 5.74) is 2.30. The fraction of sp³-hybridized carbons (Fsp3) is 0.235. The number of carbonyl (C=O) groups is 1. The van der Waals surface area contributed by atoms with E-state index < -0.39 is 0 Å². The maximum absolute atomic E-state index is 13.7. The fourth-order valence-corrected chi connectivity index (χ4v) is 2.92. The molecule has 21 heavy (non-hydrogen) atoms. The molecule has 2 nitrogen and oxygen atoms in total. The Hall–Kier alpha value is -1.68. The van der Waals surface area contributed by atoms with Gasteiger partial charge in [0.05, 0.1) is 0 Å². The Labute approximate surface area is 131 Å². The number of Topliss-reactive ketones (excluding diaryl/α,β-unsaturated/α-hetero) is 1. The summed E-state index contributed by atoms with van der Waals surface area (Å²) in [4.78, 5) is 11.9. The Bertz CT molecular complexity index is 697. The van der Waals surface area contributed by atoms with Gasteiger partial charge in [0, 0.05) is 22.0 Å². The standard InChI is InChI=1S/C17H14BrFO2/c18-13-5-7-16(19)12(8-13)10-21-14-6-4-11-2-1-3-17(20)15(11)9-14/h4-9H,1-3,10H2. The van der Waals surface area contributed by atoms with E-state index in [0.29, 0.717) is 17.7 Å². The zero-order valence-corrected chi connectivity index (χ0v) is 13.0. The lowest BCUT2D eigenvalue weighted by Gasteiger charge is -2.16. The average Bonchev–Trinajstić information content (AvgIpc) is 2.49. The van der Waals surface area contributed by atoms with Gasteiger partial charge in [-0.15, -0.1) is 0 Å². The molecule has 0 fully saturated rings. The average molecular weight is 349 g/mol. The molecule has 108 valence electrons. The van der Waals surface area contributed by atoms with Gasteiger partial charge >= 0.3 is 0 Å². The molecule has 2 aromatic carbocycles. The second-order valence-corrected chi connectivity index (χ2v) is 6.04. The Morgan fingerprint density at radius 3 is 2.86 bits per heavy atom. The third kappa shape index (κ3) is 3.16. The predicted molar refractivity (Wildman–Crippen MR) is 82.1 cm³/mol. The molecule has 1 aliphatic carbocycles. The number of benzene rings is 2. The zero-order valence-electron chi connectivity index (χ0n) is 11.4. The summed E-state index contributed by atoms with van der Waals surface area (Å²) in [5, 5.41) is 0.